The maximum Gasteiger partial charge on any atom is 0.357 e. The first-order valence-electron chi connectivity index (χ1n) is 12.3. The van der Waals surface area contributed by atoms with Gasteiger partial charge in [-0.15, -0.1) is 11.3 Å². The third-order valence-electron chi connectivity index (χ3n) is 5.91. The molecule has 4 rings (SSSR count). The Bertz CT molecular complexity index is 1310. The van der Waals surface area contributed by atoms with E-state index in [-0.39, 0.29) is 17.5 Å². The number of Topliss-reactive ketones (excluding diaryl/α,β-unsaturated/α-hetero) is 1. The number of carbonyl (C=O) groups is 1. The summed E-state index contributed by atoms with van der Waals surface area (Å²) in [6, 6.07) is 12.1. The highest BCUT2D eigenvalue weighted by Crippen LogP contribution is 2.31. The zero-order valence-corrected chi connectivity index (χ0v) is 22.2. The molecule has 0 radical (unpaired) electrons. The van der Waals surface area contributed by atoms with Crippen LogP contribution in [-0.4, -0.2) is 43.5 Å². The Morgan fingerprint density at radius 3 is 2.59 bits per heavy atom. The van der Waals surface area contributed by atoms with Gasteiger partial charge in [0.15, 0.2) is 17.3 Å². The third kappa shape index (κ3) is 8.00. The van der Waals surface area contributed by atoms with Crippen molar-refractivity contribution in [1.82, 2.24) is 10.3 Å². The van der Waals surface area contributed by atoms with E-state index in [0.29, 0.717) is 56.1 Å². The van der Waals surface area contributed by atoms with E-state index < -0.39 is 10.3 Å². The van der Waals surface area contributed by atoms with Crippen LogP contribution in [0.2, 0.25) is 0 Å². The summed E-state index contributed by atoms with van der Waals surface area (Å²) in [6.07, 6.45) is 3.36. The molecule has 9 nitrogen and oxygen atoms in total. The summed E-state index contributed by atoms with van der Waals surface area (Å²) in [5.41, 5.74) is 2.91. The van der Waals surface area contributed by atoms with E-state index in [1.165, 1.54) is 0 Å². The molecule has 37 heavy (non-hydrogen) atoms. The average Bonchev–Trinajstić information content (AvgIpc) is 3.23. The molecule has 0 spiro atoms. The van der Waals surface area contributed by atoms with Gasteiger partial charge in [0, 0.05) is 23.8 Å². The van der Waals surface area contributed by atoms with Crippen molar-refractivity contribution in [3.8, 4) is 11.5 Å². The summed E-state index contributed by atoms with van der Waals surface area (Å²) >= 11 is 1.60. The lowest BCUT2D eigenvalue weighted by Crippen LogP contribution is -2.25. The molecule has 0 amide bonds. The molecule has 1 aliphatic heterocycles. The summed E-state index contributed by atoms with van der Waals surface area (Å²) in [6.45, 7) is 3.88. The maximum absolute atomic E-state index is 12.8. The summed E-state index contributed by atoms with van der Waals surface area (Å²) in [7, 11) is -4.32. The first-order valence-corrected chi connectivity index (χ1v) is 14.6. The molecular weight excluding hydrogens is 514 g/mol. The highest BCUT2D eigenvalue weighted by Gasteiger charge is 2.18. The Labute approximate surface area is 221 Å². The number of nitrogens with zero attached hydrogens (tertiary/aromatic N) is 1. The third-order valence-corrected chi connectivity index (χ3v) is 7.41. The molecule has 1 atom stereocenters. The predicted molar refractivity (Wildman–Crippen MR) is 143 cm³/mol. The van der Waals surface area contributed by atoms with Crippen molar-refractivity contribution in [3.63, 3.8) is 0 Å². The molecule has 3 aromatic rings. The van der Waals surface area contributed by atoms with Crippen LogP contribution in [0.25, 0.3) is 0 Å². The van der Waals surface area contributed by atoms with Gasteiger partial charge in [-0.25, -0.2) is 4.98 Å². The lowest BCUT2D eigenvalue weighted by Gasteiger charge is -2.17. The number of rotatable bonds is 12. The second-order valence-corrected chi connectivity index (χ2v) is 10.8. The fourth-order valence-corrected chi connectivity index (χ4v) is 5.40. The first kappa shape index (κ1) is 27.1. The van der Waals surface area contributed by atoms with Gasteiger partial charge in [-0.1, -0.05) is 19.1 Å². The van der Waals surface area contributed by atoms with Crippen molar-refractivity contribution in [2.75, 3.05) is 24.5 Å². The van der Waals surface area contributed by atoms with Crippen LogP contribution >= 0.6 is 11.3 Å². The topological polar surface area (TPSA) is 127 Å². The van der Waals surface area contributed by atoms with E-state index in [9.17, 15) is 13.2 Å². The van der Waals surface area contributed by atoms with Crippen LogP contribution in [-0.2, 0) is 23.1 Å². The van der Waals surface area contributed by atoms with Gasteiger partial charge in [0.1, 0.15) is 5.01 Å². The van der Waals surface area contributed by atoms with E-state index in [2.05, 4.69) is 17.6 Å². The Kier molecular flexibility index (Phi) is 9.14. The largest absolute Gasteiger partial charge is 0.490 e. The number of carbonyl (C=O) groups excluding carboxylic acids is 1. The molecule has 11 heteroatoms. The van der Waals surface area contributed by atoms with Gasteiger partial charge in [0.2, 0.25) is 0 Å². The van der Waals surface area contributed by atoms with Gasteiger partial charge in [0.25, 0.3) is 0 Å². The molecule has 0 saturated heterocycles. The van der Waals surface area contributed by atoms with Crippen LogP contribution < -0.4 is 19.5 Å². The van der Waals surface area contributed by atoms with Crippen molar-refractivity contribution in [3.05, 3.63) is 69.7 Å². The summed E-state index contributed by atoms with van der Waals surface area (Å²) in [5, 5.41) is 6.56. The molecule has 0 bridgehead atoms. The molecule has 0 unspecified atom stereocenters. The van der Waals surface area contributed by atoms with E-state index in [1.807, 2.05) is 16.9 Å². The normalized spacial score (nSPS) is 14.1. The number of aryl methyl sites for hydroxylation is 1. The Hall–Kier alpha value is -2.99. The lowest BCUT2D eigenvalue weighted by molar-refractivity contribution is 0.0979. The van der Waals surface area contributed by atoms with Crippen LogP contribution in [0.15, 0.2) is 47.8 Å². The van der Waals surface area contributed by atoms with Gasteiger partial charge in [-0.3, -0.25) is 14.1 Å². The predicted octanol–water partition coefficient (Wildman–Crippen LogP) is 4.62. The fourth-order valence-electron chi connectivity index (χ4n) is 3.99. The minimum Gasteiger partial charge on any atom is -0.490 e. The van der Waals surface area contributed by atoms with Crippen molar-refractivity contribution in [2.24, 2.45) is 0 Å². The van der Waals surface area contributed by atoms with Crippen LogP contribution in [0, 0.1) is 0 Å². The highest BCUT2D eigenvalue weighted by molar-refractivity contribution is 7.87. The molecule has 0 saturated carbocycles. The van der Waals surface area contributed by atoms with Crippen LogP contribution in [0.3, 0.4) is 0 Å². The number of ketones is 1. The van der Waals surface area contributed by atoms with Gasteiger partial charge >= 0.3 is 10.3 Å². The minimum atomic E-state index is -4.32. The minimum absolute atomic E-state index is 0.0541. The quantitative estimate of drug-likeness (QED) is 0.171. The molecule has 2 heterocycles. The smallest absolute Gasteiger partial charge is 0.357 e. The summed E-state index contributed by atoms with van der Waals surface area (Å²) in [5.74, 6) is 1.35. The van der Waals surface area contributed by atoms with E-state index in [1.54, 1.807) is 41.7 Å². The van der Waals surface area contributed by atoms with Crippen molar-refractivity contribution in [1.29, 1.82) is 0 Å². The van der Waals surface area contributed by atoms with Gasteiger partial charge < -0.3 is 14.8 Å². The number of hydrogen-bond donors (Lipinski definition) is 3. The number of nitrogens with one attached hydrogen (secondary N) is 2. The van der Waals surface area contributed by atoms with Crippen LogP contribution in [0.4, 0.5) is 5.69 Å². The number of benzene rings is 2. The van der Waals surface area contributed by atoms with Gasteiger partial charge in [-0.2, -0.15) is 8.42 Å². The molecule has 2 aromatic carbocycles. The lowest BCUT2D eigenvalue weighted by atomic mass is 10.0. The fraction of sp³-hybridized carbons (Fsp3) is 0.385. The van der Waals surface area contributed by atoms with E-state index >= 15 is 0 Å². The maximum atomic E-state index is 12.8. The molecule has 0 fully saturated rings. The van der Waals surface area contributed by atoms with Crippen LogP contribution in [0.1, 0.15) is 58.9 Å². The molecule has 198 valence electrons. The molecule has 1 aliphatic rings. The number of anilines is 1. The molecule has 3 N–H and O–H groups in total. The van der Waals surface area contributed by atoms with E-state index in [0.717, 1.165) is 29.1 Å². The second-order valence-electron chi connectivity index (χ2n) is 8.75. The summed E-state index contributed by atoms with van der Waals surface area (Å²) in [4.78, 5) is 17.5. The average molecular weight is 546 g/mol. The highest BCUT2D eigenvalue weighted by atomic mass is 32.2. The molecular formula is C26H31N3O6S2. The Morgan fingerprint density at radius 1 is 1.14 bits per heavy atom. The van der Waals surface area contributed by atoms with Gasteiger partial charge in [0.05, 0.1) is 30.6 Å². The standard InChI is InChI=1S/C26H31N3O6S2/c1-2-20-17-36-26(28-20)22(15-18-6-9-21(10-7-18)29-37(31,32)33)27-12-3-5-23(30)19-8-11-24-25(16-19)35-14-4-13-34-24/h6-11,16-17,22,27,29H,2-5,12-15H2,1H3,(H,31,32,33)/t22-/m0/s1. The van der Waals surface area contributed by atoms with Crippen LogP contribution in [0.5, 0.6) is 11.5 Å². The second kappa shape index (κ2) is 12.5. The Morgan fingerprint density at radius 2 is 1.89 bits per heavy atom. The Balaban J connectivity index is 1.35. The van der Waals surface area contributed by atoms with E-state index in [4.69, 9.17) is 19.0 Å². The summed E-state index contributed by atoms with van der Waals surface area (Å²) < 4.78 is 44.4. The zero-order valence-electron chi connectivity index (χ0n) is 20.6. The number of ether oxygens (including phenoxy) is 2. The van der Waals surface area contributed by atoms with Crippen molar-refractivity contribution in [2.45, 2.75) is 45.1 Å². The first-order chi connectivity index (χ1) is 17.8. The number of thiazole rings is 1. The molecule has 0 aliphatic carbocycles. The SMILES string of the molecule is CCc1csc([C@H](Cc2ccc(NS(=O)(=O)O)cc2)NCCCC(=O)c2ccc3c(c2)OCCCO3)n1. The number of hydrogen-bond acceptors (Lipinski definition) is 8. The number of fused-ring (bicyclic) bond motifs is 1. The monoisotopic (exact) mass is 545 g/mol. The van der Waals surface area contributed by atoms with Gasteiger partial charge in [-0.05, 0) is 61.7 Å². The number of aromatic nitrogens is 1. The van der Waals surface area contributed by atoms with Crippen molar-refractivity contribution >= 4 is 33.1 Å². The molecule has 1 aromatic heterocycles. The van der Waals surface area contributed by atoms with Crippen molar-refractivity contribution < 1.29 is 27.2 Å². The zero-order chi connectivity index (χ0) is 26.3.